The Morgan fingerprint density at radius 2 is 2.09 bits per heavy atom. The zero-order valence-corrected chi connectivity index (χ0v) is 13.3. The van der Waals surface area contributed by atoms with Crippen LogP contribution in [0.4, 0.5) is 0 Å². The Morgan fingerprint density at radius 3 is 2.86 bits per heavy atom. The predicted octanol–water partition coefficient (Wildman–Crippen LogP) is 3.19. The minimum absolute atomic E-state index is 0.117. The maximum atomic E-state index is 11.5. The van der Waals surface area contributed by atoms with Crippen molar-refractivity contribution in [3.05, 3.63) is 51.7 Å². The second-order valence-corrected chi connectivity index (χ2v) is 6.41. The van der Waals surface area contributed by atoms with Crippen molar-refractivity contribution >= 4 is 40.7 Å². The molecule has 0 bridgehead atoms. The molecule has 0 aliphatic rings. The smallest absolute Gasteiger partial charge is 0.262 e. The van der Waals surface area contributed by atoms with Gasteiger partial charge in [-0.15, -0.1) is 22.7 Å². The highest BCUT2D eigenvalue weighted by atomic mass is 32.1. The van der Waals surface area contributed by atoms with E-state index < -0.39 is 0 Å². The Hall–Kier alpha value is -2.38. The third-order valence-electron chi connectivity index (χ3n) is 2.80. The van der Waals surface area contributed by atoms with Gasteiger partial charge in [0.15, 0.2) is 0 Å². The summed E-state index contributed by atoms with van der Waals surface area (Å²) in [6.45, 7) is 0. The second-order valence-electron chi connectivity index (χ2n) is 4.28. The number of nitrogens with one attached hydrogen (secondary N) is 1. The zero-order valence-electron chi connectivity index (χ0n) is 11.7. The van der Waals surface area contributed by atoms with E-state index in [0.29, 0.717) is 4.88 Å². The topological polar surface area (TPSA) is 67.8 Å². The van der Waals surface area contributed by atoms with Gasteiger partial charge in [0, 0.05) is 36.1 Å². The van der Waals surface area contributed by atoms with Gasteiger partial charge in [0.2, 0.25) is 0 Å². The Bertz CT molecular complexity index is 808. The average Bonchev–Trinajstić information content (AvgIpc) is 3.22. The summed E-state index contributed by atoms with van der Waals surface area (Å²) >= 11 is 2.93. The van der Waals surface area contributed by atoms with Gasteiger partial charge < -0.3 is 5.32 Å². The number of pyridine rings is 1. The Balaban J connectivity index is 1.75. The Labute approximate surface area is 135 Å². The molecule has 0 atom stereocenters. The minimum atomic E-state index is -0.117. The van der Waals surface area contributed by atoms with Crippen molar-refractivity contribution < 1.29 is 4.79 Å². The van der Waals surface area contributed by atoms with Crippen molar-refractivity contribution in [1.82, 2.24) is 20.3 Å². The largest absolute Gasteiger partial charge is 0.354 e. The van der Waals surface area contributed by atoms with Crippen LogP contribution in [0.25, 0.3) is 22.7 Å². The van der Waals surface area contributed by atoms with E-state index >= 15 is 0 Å². The molecule has 1 N–H and O–H groups in total. The molecule has 0 aliphatic carbocycles. The molecule has 5 nitrogen and oxygen atoms in total. The zero-order chi connectivity index (χ0) is 15.4. The van der Waals surface area contributed by atoms with Gasteiger partial charge in [-0.3, -0.25) is 9.78 Å². The number of thiazole rings is 2. The number of hydrogen-bond acceptors (Lipinski definition) is 6. The van der Waals surface area contributed by atoms with E-state index in [-0.39, 0.29) is 5.91 Å². The first-order valence-corrected chi connectivity index (χ1v) is 8.12. The molecule has 110 valence electrons. The van der Waals surface area contributed by atoms with Crippen molar-refractivity contribution in [2.24, 2.45) is 0 Å². The summed E-state index contributed by atoms with van der Waals surface area (Å²) in [7, 11) is 1.61. The van der Waals surface area contributed by atoms with Crippen LogP contribution in [-0.2, 0) is 0 Å². The number of hydrogen-bond donors (Lipinski definition) is 1. The van der Waals surface area contributed by atoms with Gasteiger partial charge in [0.05, 0.1) is 6.20 Å². The fraction of sp³-hybridized carbons (Fsp3) is 0.0667. The molecular weight excluding hydrogens is 316 g/mol. The number of amides is 1. The molecule has 0 aromatic carbocycles. The van der Waals surface area contributed by atoms with Gasteiger partial charge in [0.25, 0.3) is 5.91 Å². The van der Waals surface area contributed by atoms with Gasteiger partial charge in [-0.2, -0.15) is 0 Å². The van der Waals surface area contributed by atoms with Crippen molar-refractivity contribution in [2.45, 2.75) is 0 Å². The van der Waals surface area contributed by atoms with Crippen molar-refractivity contribution in [3.8, 4) is 10.6 Å². The third-order valence-corrected chi connectivity index (χ3v) is 4.77. The van der Waals surface area contributed by atoms with Gasteiger partial charge in [-0.25, -0.2) is 9.97 Å². The van der Waals surface area contributed by atoms with Gasteiger partial charge in [-0.1, -0.05) is 0 Å². The number of rotatable bonds is 4. The summed E-state index contributed by atoms with van der Waals surface area (Å²) in [5, 5.41) is 4.30. The monoisotopic (exact) mass is 328 g/mol. The van der Waals surface area contributed by atoms with Crippen LogP contribution in [0.1, 0.15) is 19.6 Å². The lowest BCUT2D eigenvalue weighted by Gasteiger charge is -1.91. The van der Waals surface area contributed by atoms with E-state index in [1.54, 1.807) is 37.0 Å². The molecule has 7 heteroatoms. The second kappa shape index (κ2) is 6.59. The molecule has 3 aromatic heterocycles. The number of carbonyl (C=O) groups is 1. The van der Waals surface area contributed by atoms with Crippen molar-refractivity contribution in [2.75, 3.05) is 7.05 Å². The molecule has 0 unspecified atom stereocenters. The molecule has 0 saturated carbocycles. The summed E-state index contributed by atoms with van der Waals surface area (Å²) in [6, 6.07) is 3.87. The van der Waals surface area contributed by atoms with Gasteiger partial charge in [-0.05, 0) is 24.3 Å². The Morgan fingerprint density at radius 1 is 1.18 bits per heavy atom. The predicted molar refractivity (Wildman–Crippen MR) is 89.8 cm³/mol. The van der Waals surface area contributed by atoms with E-state index in [4.69, 9.17) is 0 Å². The van der Waals surface area contributed by atoms with Crippen LogP contribution in [-0.4, -0.2) is 27.9 Å². The van der Waals surface area contributed by atoms with Gasteiger partial charge in [0.1, 0.15) is 14.9 Å². The minimum Gasteiger partial charge on any atom is -0.354 e. The molecule has 0 radical (unpaired) electrons. The van der Waals surface area contributed by atoms with E-state index in [1.807, 2.05) is 30.5 Å². The standard InChI is InChI=1S/C15H12N4OS2/c1-16-14(20)12-9-18-13(22-12)5-4-11-8-19-15(21-11)10-3-2-6-17-7-10/h2-9H,1H3,(H,16,20)/b5-4+. The first-order chi connectivity index (χ1) is 10.8. The fourth-order valence-electron chi connectivity index (χ4n) is 1.73. The molecule has 3 heterocycles. The SMILES string of the molecule is CNC(=O)c1cnc(/C=C/c2cnc(-c3cccnc3)s2)s1. The summed E-state index contributed by atoms with van der Waals surface area (Å²) in [5.41, 5.74) is 1.00. The highest BCUT2D eigenvalue weighted by molar-refractivity contribution is 7.16. The van der Waals surface area contributed by atoms with Crippen LogP contribution in [0.3, 0.4) is 0 Å². The summed E-state index contributed by atoms with van der Waals surface area (Å²) < 4.78 is 0. The molecule has 0 saturated heterocycles. The Kier molecular flexibility index (Phi) is 4.36. The maximum Gasteiger partial charge on any atom is 0.262 e. The average molecular weight is 328 g/mol. The molecule has 3 rings (SSSR count). The lowest BCUT2D eigenvalue weighted by Crippen LogP contribution is -2.16. The van der Waals surface area contributed by atoms with Crippen molar-refractivity contribution in [1.29, 1.82) is 0 Å². The lowest BCUT2D eigenvalue weighted by atomic mass is 10.3. The fourth-order valence-corrected chi connectivity index (χ4v) is 3.31. The van der Waals surface area contributed by atoms with E-state index in [0.717, 1.165) is 20.5 Å². The molecule has 1 amide bonds. The van der Waals surface area contributed by atoms with Crippen molar-refractivity contribution in [3.63, 3.8) is 0 Å². The van der Waals surface area contributed by atoms with Crippen LogP contribution < -0.4 is 5.32 Å². The van der Waals surface area contributed by atoms with E-state index in [9.17, 15) is 4.79 Å². The van der Waals surface area contributed by atoms with Crippen LogP contribution in [0.5, 0.6) is 0 Å². The number of aromatic nitrogens is 3. The van der Waals surface area contributed by atoms with Crippen LogP contribution in [0, 0.1) is 0 Å². The number of nitrogens with zero attached hydrogens (tertiary/aromatic N) is 3. The molecule has 22 heavy (non-hydrogen) atoms. The highest BCUT2D eigenvalue weighted by Crippen LogP contribution is 2.26. The maximum absolute atomic E-state index is 11.5. The molecule has 0 spiro atoms. The highest BCUT2D eigenvalue weighted by Gasteiger charge is 2.07. The molecular formula is C15H12N4OS2. The van der Waals surface area contributed by atoms with Crippen LogP contribution >= 0.6 is 22.7 Å². The third kappa shape index (κ3) is 3.26. The van der Waals surface area contributed by atoms with E-state index in [2.05, 4.69) is 20.3 Å². The van der Waals surface area contributed by atoms with Gasteiger partial charge >= 0.3 is 0 Å². The molecule has 0 fully saturated rings. The molecule has 0 aliphatic heterocycles. The quantitative estimate of drug-likeness (QED) is 0.798. The summed E-state index contributed by atoms with van der Waals surface area (Å²) in [4.78, 5) is 25.8. The normalized spacial score (nSPS) is 11.0. The summed E-state index contributed by atoms with van der Waals surface area (Å²) in [6.07, 6.45) is 10.8. The van der Waals surface area contributed by atoms with Crippen LogP contribution in [0.15, 0.2) is 36.9 Å². The van der Waals surface area contributed by atoms with E-state index in [1.165, 1.54) is 11.3 Å². The summed E-state index contributed by atoms with van der Waals surface area (Å²) in [5.74, 6) is -0.117. The number of carbonyl (C=O) groups excluding carboxylic acids is 1. The lowest BCUT2D eigenvalue weighted by molar-refractivity contribution is 0.0967. The first kappa shape index (κ1) is 14.6. The first-order valence-electron chi connectivity index (χ1n) is 6.48. The van der Waals surface area contributed by atoms with Crippen LogP contribution in [0.2, 0.25) is 0 Å². The molecule has 3 aromatic rings.